The van der Waals surface area contributed by atoms with Crippen LogP contribution < -0.4 is 16.2 Å². The Kier molecular flexibility index (Phi) is 2.43. The molecule has 4 heteroatoms. The molecule has 1 aliphatic heterocycles. The molecule has 0 spiro atoms. The van der Waals surface area contributed by atoms with Crippen LogP contribution in [-0.2, 0) is 11.3 Å². The Morgan fingerprint density at radius 1 is 1.05 bits per heavy atom. The summed E-state index contributed by atoms with van der Waals surface area (Å²) in [6.07, 6.45) is 0. The zero-order chi connectivity index (χ0) is 15.7. The highest BCUT2D eigenvalue weighted by Gasteiger charge is 2.67. The first-order chi connectivity index (χ1) is 10.4. The maximum atomic E-state index is 12.9. The highest BCUT2D eigenvalue weighted by Crippen LogP contribution is 2.55. The number of ether oxygens (including phenoxy) is 1. The van der Waals surface area contributed by atoms with Crippen molar-refractivity contribution < 1.29 is 9.53 Å². The predicted octanol–water partition coefficient (Wildman–Crippen LogP) is 2.36. The Bertz CT molecular complexity index is 814. The van der Waals surface area contributed by atoms with Crippen LogP contribution in [0.2, 0.25) is 0 Å². The van der Waals surface area contributed by atoms with E-state index in [0.717, 1.165) is 5.56 Å². The van der Waals surface area contributed by atoms with Crippen LogP contribution in [0.4, 0.5) is 0 Å². The molecule has 1 aliphatic carbocycles. The van der Waals surface area contributed by atoms with E-state index >= 15 is 0 Å². The van der Waals surface area contributed by atoms with E-state index in [1.54, 1.807) is 6.07 Å². The molecule has 112 valence electrons. The van der Waals surface area contributed by atoms with Gasteiger partial charge in [-0.3, -0.25) is 10.5 Å². The molecule has 0 bridgehead atoms. The molecular weight excluding hydrogens is 276 g/mol. The van der Waals surface area contributed by atoms with Crippen LogP contribution in [0, 0.1) is 0 Å². The molecule has 0 aromatic heterocycles. The molecule has 0 amide bonds. The van der Waals surface area contributed by atoms with Gasteiger partial charge in [0, 0.05) is 16.7 Å². The molecule has 0 radical (unpaired) electrons. The van der Waals surface area contributed by atoms with Gasteiger partial charge in [-0.1, -0.05) is 50.2 Å². The molecule has 2 aromatic carbocycles. The van der Waals surface area contributed by atoms with Crippen molar-refractivity contribution in [3.63, 3.8) is 0 Å². The number of hydrogen-bond donors (Lipinski definition) is 2. The van der Waals surface area contributed by atoms with Gasteiger partial charge < -0.3 is 10.5 Å². The lowest BCUT2D eigenvalue weighted by atomic mass is 9.82. The second-order valence-corrected chi connectivity index (χ2v) is 6.43. The van der Waals surface area contributed by atoms with Gasteiger partial charge in [-0.25, -0.2) is 0 Å². The summed E-state index contributed by atoms with van der Waals surface area (Å²) in [6.45, 7) is 4.21. The van der Waals surface area contributed by atoms with E-state index in [9.17, 15) is 4.79 Å². The number of carbonyl (C=O) groups excluding carboxylic acids is 1. The summed E-state index contributed by atoms with van der Waals surface area (Å²) in [4.78, 5) is 12.9. The Morgan fingerprint density at radius 3 is 2.50 bits per heavy atom. The molecule has 0 fully saturated rings. The minimum atomic E-state index is -1.36. The fraction of sp³-hybridized carbons (Fsp3) is 0.278. The average Bonchev–Trinajstić information content (AvgIpc) is 2.84. The number of fused-ring (bicyclic) bond motifs is 5. The molecule has 0 saturated carbocycles. The van der Waals surface area contributed by atoms with Crippen LogP contribution in [0.15, 0.2) is 42.5 Å². The van der Waals surface area contributed by atoms with Gasteiger partial charge in [0.25, 0.3) is 0 Å². The molecule has 4 nitrogen and oxygen atoms in total. The van der Waals surface area contributed by atoms with Gasteiger partial charge in [-0.15, -0.1) is 0 Å². The third-order valence-corrected chi connectivity index (χ3v) is 4.88. The molecule has 0 saturated heterocycles. The first kappa shape index (κ1) is 13.5. The summed E-state index contributed by atoms with van der Waals surface area (Å²) >= 11 is 0. The van der Waals surface area contributed by atoms with Gasteiger partial charge in [0.15, 0.2) is 11.3 Å². The van der Waals surface area contributed by atoms with Gasteiger partial charge >= 0.3 is 0 Å². The summed E-state index contributed by atoms with van der Waals surface area (Å²) in [5.74, 6) is 0.792. The predicted molar refractivity (Wildman–Crippen MR) is 83.7 cm³/mol. The van der Waals surface area contributed by atoms with Gasteiger partial charge in [0.2, 0.25) is 5.72 Å². The third kappa shape index (κ3) is 1.32. The van der Waals surface area contributed by atoms with E-state index in [2.05, 4.69) is 13.8 Å². The van der Waals surface area contributed by atoms with Gasteiger partial charge in [-0.2, -0.15) is 0 Å². The van der Waals surface area contributed by atoms with Crippen molar-refractivity contribution >= 4 is 5.78 Å². The zero-order valence-corrected chi connectivity index (χ0v) is 12.6. The number of hydrogen-bond acceptors (Lipinski definition) is 4. The van der Waals surface area contributed by atoms with Crippen LogP contribution in [-0.4, -0.2) is 5.78 Å². The lowest BCUT2D eigenvalue weighted by Gasteiger charge is -2.31. The Labute approximate surface area is 129 Å². The highest BCUT2D eigenvalue weighted by atomic mass is 16.5. The van der Waals surface area contributed by atoms with Crippen LogP contribution in [0.3, 0.4) is 0 Å². The fourth-order valence-corrected chi connectivity index (χ4v) is 3.54. The van der Waals surface area contributed by atoms with Crippen molar-refractivity contribution in [2.24, 2.45) is 11.5 Å². The van der Waals surface area contributed by atoms with Crippen LogP contribution >= 0.6 is 0 Å². The second-order valence-electron chi connectivity index (χ2n) is 6.43. The fourth-order valence-electron chi connectivity index (χ4n) is 3.54. The minimum absolute atomic E-state index is 0.179. The lowest BCUT2D eigenvalue weighted by molar-refractivity contribution is 0.0322. The standard InChI is InChI=1S/C18H18N2O2/c1-10(2)11-7-8-14-15(9-11)22-18(20)13-6-4-3-5-12(13)16(21)17(14,18)19/h3-10H,19-20H2,1-2H3. The summed E-state index contributed by atoms with van der Waals surface area (Å²) in [6, 6.07) is 13.0. The molecule has 2 atom stereocenters. The number of rotatable bonds is 1. The van der Waals surface area contributed by atoms with Gasteiger partial charge in [-0.05, 0) is 17.5 Å². The lowest BCUT2D eigenvalue weighted by Crippen LogP contribution is -2.60. The van der Waals surface area contributed by atoms with Crippen LogP contribution in [0.1, 0.15) is 46.8 Å². The second kappa shape index (κ2) is 3.97. The molecule has 2 unspecified atom stereocenters. The largest absolute Gasteiger partial charge is 0.465 e. The Morgan fingerprint density at radius 2 is 1.77 bits per heavy atom. The number of carbonyl (C=O) groups is 1. The molecule has 1 heterocycles. The Balaban J connectivity index is 1.97. The molecule has 4 N–H and O–H groups in total. The number of ketones is 1. The SMILES string of the molecule is CC(C)c1ccc2c(c1)OC1(N)c3ccccc3C(=O)C21N. The topological polar surface area (TPSA) is 78.3 Å². The summed E-state index contributed by atoms with van der Waals surface area (Å²) in [5.41, 5.74) is 13.3. The van der Waals surface area contributed by atoms with E-state index in [-0.39, 0.29) is 5.78 Å². The first-order valence-electron chi connectivity index (χ1n) is 7.45. The monoisotopic (exact) mass is 294 g/mol. The number of Topliss-reactive ketones (excluding diaryl/α,β-unsaturated/α-hetero) is 1. The van der Waals surface area contributed by atoms with Gasteiger partial charge in [0.1, 0.15) is 5.75 Å². The molecular formula is C18H18N2O2. The highest BCUT2D eigenvalue weighted by molar-refractivity contribution is 6.10. The summed E-state index contributed by atoms with van der Waals surface area (Å²) < 4.78 is 6.04. The van der Waals surface area contributed by atoms with E-state index in [0.29, 0.717) is 28.4 Å². The van der Waals surface area contributed by atoms with Crippen molar-refractivity contribution in [3.8, 4) is 5.75 Å². The molecule has 22 heavy (non-hydrogen) atoms. The smallest absolute Gasteiger partial charge is 0.215 e. The molecule has 4 rings (SSSR count). The van der Waals surface area contributed by atoms with E-state index in [4.69, 9.17) is 16.2 Å². The van der Waals surface area contributed by atoms with Crippen molar-refractivity contribution in [2.45, 2.75) is 31.0 Å². The third-order valence-electron chi connectivity index (χ3n) is 4.88. The van der Waals surface area contributed by atoms with Crippen molar-refractivity contribution in [1.29, 1.82) is 0 Å². The van der Waals surface area contributed by atoms with Crippen molar-refractivity contribution in [1.82, 2.24) is 0 Å². The Hall–Kier alpha value is -2.17. The van der Waals surface area contributed by atoms with E-state index in [1.807, 2.05) is 36.4 Å². The first-order valence-corrected chi connectivity index (χ1v) is 7.45. The van der Waals surface area contributed by atoms with E-state index < -0.39 is 11.3 Å². The quantitative estimate of drug-likeness (QED) is 0.846. The van der Waals surface area contributed by atoms with Crippen LogP contribution in [0.25, 0.3) is 0 Å². The van der Waals surface area contributed by atoms with E-state index in [1.165, 1.54) is 0 Å². The molecule has 2 aromatic rings. The average molecular weight is 294 g/mol. The number of nitrogens with two attached hydrogens (primary N) is 2. The molecule has 2 aliphatic rings. The van der Waals surface area contributed by atoms with Crippen molar-refractivity contribution in [3.05, 3.63) is 64.7 Å². The minimum Gasteiger partial charge on any atom is -0.465 e. The maximum absolute atomic E-state index is 12.9. The summed E-state index contributed by atoms with van der Waals surface area (Å²) in [7, 11) is 0. The van der Waals surface area contributed by atoms with Gasteiger partial charge in [0.05, 0.1) is 0 Å². The zero-order valence-electron chi connectivity index (χ0n) is 12.6. The summed E-state index contributed by atoms with van der Waals surface area (Å²) in [5, 5.41) is 0. The normalized spacial score (nSPS) is 28.3. The maximum Gasteiger partial charge on any atom is 0.215 e. The van der Waals surface area contributed by atoms with Crippen LogP contribution in [0.5, 0.6) is 5.75 Å². The van der Waals surface area contributed by atoms with Crippen molar-refractivity contribution in [2.75, 3.05) is 0 Å². The number of benzene rings is 2.